The molecule has 1 aliphatic rings. The van der Waals surface area contributed by atoms with Gasteiger partial charge >= 0.3 is 12.2 Å². The minimum atomic E-state index is -4.35. The number of amides is 2. The van der Waals surface area contributed by atoms with Crippen molar-refractivity contribution in [3.63, 3.8) is 0 Å². The van der Waals surface area contributed by atoms with Gasteiger partial charge in [-0.3, -0.25) is 0 Å². The van der Waals surface area contributed by atoms with Crippen molar-refractivity contribution in [3.8, 4) is 0 Å². The quantitative estimate of drug-likeness (QED) is 0.706. The average Bonchev–Trinajstić information content (AvgIpc) is 2.27. The fraction of sp³-hybridized carbons (Fsp3) is 0.900. The van der Waals surface area contributed by atoms with E-state index in [2.05, 4.69) is 10.6 Å². The predicted molar refractivity (Wildman–Crippen MR) is 57.7 cm³/mol. The second-order valence-electron chi connectivity index (χ2n) is 4.21. The van der Waals surface area contributed by atoms with Gasteiger partial charge in [0.05, 0.1) is 0 Å². The molecule has 100 valence electrons. The van der Waals surface area contributed by atoms with E-state index in [1.807, 2.05) is 0 Å². The molecule has 0 aromatic heterocycles. The van der Waals surface area contributed by atoms with Gasteiger partial charge in [-0.15, -0.1) is 0 Å². The Morgan fingerprint density at radius 1 is 1.24 bits per heavy atom. The predicted octanol–water partition coefficient (Wildman–Crippen LogP) is 1.24. The van der Waals surface area contributed by atoms with Gasteiger partial charge < -0.3 is 16.0 Å². The van der Waals surface area contributed by atoms with Crippen molar-refractivity contribution < 1.29 is 18.0 Å². The van der Waals surface area contributed by atoms with Crippen LogP contribution in [0.3, 0.4) is 0 Å². The van der Waals surface area contributed by atoms with Crippen molar-refractivity contribution in [1.29, 1.82) is 0 Å². The molecule has 7 heteroatoms. The van der Waals surface area contributed by atoms with Crippen LogP contribution in [-0.4, -0.2) is 38.4 Å². The molecule has 0 aliphatic carbocycles. The lowest BCUT2D eigenvalue weighted by atomic mass is 9.95. The molecule has 0 atom stereocenters. The Morgan fingerprint density at radius 2 is 1.88 bits per heavy atom. The molecule has 0 aromatic carbocycles. The smallest absolute Gasteiger partial charge is 0.338 e. The zero-order valence-corrected chi connectivity index (χ0v) is 9.57. The monoisotopic (exact) mass is 253 g/mol. The number of alkyl halides is 3. The second-order valence-corrected chi connectivity index (χ2v) is 4.21. The highest BCUT2D eigenvalue weighted by Gasteiger charge is 2.27. The van der Waals surface area contributed by atoms with E-state index >= 15 is 0 Å². The van der Waals surface area contributed by atoms with E-state index in [1.54, 1.807) is 5.32 Å². The van der Waals surface area contributed by atoms with E-state index < -0.39 is 18.8 Å². The normalized spacial score (nSPS) is 17.8. The molecule has 0 saturated carbocycles. The van der Waals surface area contributed by atoms with Crippen molar-refractivity contribution in [1.82, 2.24) is 16.0 Å². The Labute approximate surface area is 98.3 Å². The Balaban J connectivity index is 2.03. The SMILES string of the molecule is O=C(NCCC1CCNCC1)NCC(F)(F)F. The number of nitrogens with one attached hydrogen (secondary N) is 3. The maximum Gasteiger partial charge on any atom is 0.405 e. The first-order valence-electron chi connectivity index (χ1n) is 5.76. The molecule has 1 rings (SSSR count). The fourth-order valence-electron chi connectivity index (χ4n) is 1.80. The molecule has 0 spiro atoms. The van der Waals surface area contributed by atoms with Crippen LogP contribution in [0.5, 0.6) is 0 Å². The van der Waals surface area contributed by atoms with Crippen LogP contribution in [0.15, 0.2) is 0 Å². The first-order chi connectivity index (χ1) is 7.97. The molecular formula is C10H18F3N3O. The zero-order valence-electron chi connectivity index (χ0n) is 9.57. The summed E-state index contributed by atoms with van der Waals surface area (Å²) in [6.45, 7) is 1.09. The Hall–Kier alpha value is -0.980. The third kappa shape index (κ3) is 7.04. The summed E-state index contributed by atoms with van der Waals surface area (Å²) in [5.41, 5.74) is 0. The molecule has 4 nitrogen and oxygen atoms in total. The van der Waals surface area contributed by atoms with Gasteiger partial charge in [-0.05, 0) is 38.3 Å². The molecule has 0 radical (unpaired) electrons. The van der Waals surface area contributed by atoms with Crippen LogP contribution in [0.4, 0.5) is 18.0 Å². The van der Waals surface area contributed by atoms with E-state index in [4.69, 9.17) is 0 Å². The summed E-state index contributed by atoms with van der Waals surface area (Å²) in [5, 5.41) is 7.43. The van der Waals surface area contributed by atoms with Crippen LogP contribution >= 0.6 is 0 Å². The molecule has 17 heavy (non-hydrogen) atoms. The summed E-state index contributed by atoms with van der Waals surface area (Å²) in [7, 11) is 0. The molecule has 1 fully saturated rings. The van der Waals surface area contributed by atoms with E-state index in [0.29, 0.717) is 12.5 Å². The minimum Gasteiger partial charge on any atom is -0.338 e. The van der Waals surface area contributed by atoms with E-state index in [9.17, 15) is 18.0 Å². The third-order valence-electron chi connectivity index (χ3n) is 2.75. The van der Waals surface area contributed by atoms with Gasteiger partial charge in [0.1, 0.15) is 6.54 Å². The van der Waals surface area contributed by atoms with Crippen LogP contribution in [0.1, 0.15) is 19.3 Å². The number of hydrogen-bond acceptors (Lipinski definition) is 2. The fourth-order valence-corrected chi connectivity index (χ4v) is 1.80. The molecular weight excluding hydrogens is 235 g/mol. The van der Waals surface area contributed by atoms with E-state index in [0.717, 1.165) is 32.4 Å². The molecule has 0 aromatic rings. The van der Waals surface area contributed by atoms with Gasteiger partial charge in [0, 0.05) is 6.54 Å². The van der Waals surface area contributed by atoms with Crippen molar-refractivity contribution in [3.05, 3.63) is 0 Å². The standard InChI is InChI=1S/C10H18F3N3O/c11-10(12,13)7-16-9(17)15-6-3-8-1-4-14-5-2-8/h8,14H,1-7H2,(H2,15,16,17). The summed E-state index contributed by atoms with van der Waals surface area (Å²) in [6, 6.07) is -0.753. The van der Waals surface area contributed by atoms with Crippen molar-refractivity contribution in [2.75, 3.05) is 26.2 Å². The molecule has 1 aliphatic heterocycles. The number of urea groups is 1. The zero-order chi connectivity index (χ0) is 12.7. The first-order valence-corrected chi connectivity index (χ1v) is 5.76. The lowest BCUT2D eigenvalue weighted by Gasteiger charge is -2.22. The number of piperidine rings is 1. The summed E-state index contributed by atoms with van der Waals surface area (Å²) >= 11 is 0. The van der Waals surface area contributed by atoms with Gasteiger partial charge in [0.25, 0.3) is 0 Å². The summed E-state index contributed by atoms with van der Waals surface area (Å²) in [4.78, 5) is 11.0. The lowest BCUT2D eigenvalue weighted by molar-refractivity contribution is -0.122. The van der Waals surface area contributed by atoms with Gasteiger partial charge in [-0.25, -0.2) is 4.79 Å². The minimum absolute atomic E-state index is 0.425. The average molecular weight is 253 g/mol. The van der Waals surface area contributed by atoms with E-state index in [1.165, 1.54) is 0 Å². The molecule has 3 N–H and O–H groups in total. The van der Waals surface area contributed by atoms with Gasteiger partial charge in [-0.1, -0.05) is 0 Å². The Kier molecular flexibility index (Phi) is 5.54. The maximum atomic E-state index is 11.8. The van der Waals surface area contributed by atoms with Crippen LogP contribution in [-0.2, 0) is 0 Å². The highest BCUT2D eigenvalue weighted by Crippen LogP contribution is 2.14. The Bertz CT molecular complexity index is 239. The van der Waals surface area contributed by atoms with Crippen LogP contribution in [0.25, 0.3) is 0 Å². The number of halogens is 3. The molecule has 2 amide bonds. The Morgan fingerprint density at radius 3 is 2.47 bits per heavy atom. The molecule has 0 unspecified atom stereocenters. The molecule has 1 heterocycles. The van der Waals surface area contributed by atoms with Crippen LogP contribution in [0.2, 0.25) is 0 Å². The molecule has 0 bridgehead atoms. The molecule has 1 saturated heterocycles. The van der Waals surface area contributed by atoms with Crippen molar-refractivity contribution >= 4 is 6.03 Å². The van der Waals surface area contributed by atoms with Gasteiger partial charge in [-0.2, -0.15) is 13.2 Å². The van der Waals surface area contributed by atoms with Crippen LogP contribution in [0, 0.1) is 5.92 Å². The largest absolute Gasteiger partial charge is 0.405 e. The lowest BCUT2D eigenvalue weighted by Crippen LogP contribution is -2.41. The summed E-state index contributed by atoms with van der Waals surface area (Å²) < 4.78 is 35.3. The van der Waals surface area contributed by atoms with Crippen molar-refractivity contribution in [2.24, 2.45) is 5.92 Å². The first kappa shape index (κ1) is 14.1. The van der Waals surface area contributed by atoms with Crippen LogP contribution < -0.4 is 16.0 Å². The van der Waals surface area contributed by atoms with E-state index in [-0.39, 0.29) is 0 Å². The number of carbonyl (C=O) groups excluding carboxylic acids is 1. The highest BCUT2D eigenvalue weighted by molar-refractivity contribution is 5.73. The second kappa shape index (κ2) is 6.68. The van der Waals surface area contributed by atoms with Gasteiger partial charge in [0.15, 0.2) is 0 Å². The number of rotatable bonds is 4. The van der Waals surface area contributed by atoms with Gasteiger partial charge in [0.2, 0.25) is 0 Å². The maximum absolute atomic E-state index is 11.8. The third-order valence-corrected chi connectivity index (χ3v) is 2.75. The highest BCUT2D eigenvalue weighted by atomic mass is 19.4. The van der Waals surface area contributed by atoms with Crippen molar-refractivity contribution in [2.45, 2.75) is 25.4 Å². The summed E-state index contributed by atoms with van der Waals surface area (Å²) in [5.74, 6) is 0.555. The summed E-state index contributed by atoms with van der Waals surface area (Å²) in [6.07, 6.45) is -1.41. The topological polar surface area (TPSA) is 53.2 Å². The number of carbonyl (C=O) groups is 1. The number of hydrogen-bond donors (Lipinski definition) is 3.